The lowest BCUT2D eigenvalue weighted by molar-refractivity contribution is 0.0334. The van der Waals surface area contributed by atoms with E-state index in [9.17, 15) is 0 Å². The van der Waals surface area contributed by atoms with Gasteiger partial charge in [-0.3, -0.25) is 0 Å². The molecular formula is C20H23N5O. The molecule has 26 heavy (non-hydrogen) atoms. The van der Waals surface area contributed by atoms with Crippen LogP contribution in [-0.4, -0.2) is 46.0 Å². The second-order valence-corrected chi connectivity index (χ2v) is 6.54. The van der Waals surface area contributed by atoms with Crippen LogP contribution in [0.2, 0.25) is 0 Å². The molecule has 1 saturated heterocycles. The van der Waals surface area contributed by atoms with Crippen LogP contribution in [0.25, 0.3) is 5.69 Å². The maximum absolute atomic E-state index is 5.97. The Morgan fingerprint density at radius 1 is 1.00 bits per heavy atom. The maximum atomic E-state index is 5.97. The highest BCUT2D eigenvalue weighted by atomic mass is 16.5. The number of hydrogen-bond donors (Lipinski definition) is 0. The monoisotopic (exact) mass is 349 g/mol. The lowest BCUT2D eigenvalue weighted by atomic mass is 10.1. The molecule has 0 aliphatic carbocycles. The predicted molar refractivity (Wildman–Crippen MR) is 100 cm³/mol. The molecule has 1 atom stereocenters. The molecule has 134 valence electrons. The summed E-state index contributed by atoms with van der Waals surface area (Å²) in [5.74, 6) is 0.785. The number of rotatable bonds is 6. The van der Waals surface area contributed by atoms with Crippen LogP contribution in [0.15, 0.2) is 60.7 Å². The molecule has 1 fully saturated rings. The maximum Gasteiger partial charge on any atom is 0.250 e. The molecule has 2 aromatic carbocycles. The van der Waals surface area contributed by atoms with Gasteiger partial charge in [-0.05, 0) is 47.4 Å². The van der Waals surface area contributed by atoms with Crippen LogP contribution < -0.4 is 4.90 Å². The summed E-state index contributed by atoms with van der Waals surface area (Å²) in [7, 11) is 0. The first-order valence-electron chi connectivity index (χ1n) is 9.14. The second kappa shape index (κ2) is 8.10. The van der Waals surface area contributed by atoms with Crippen LogP contribution in [0.4, 0.5) is 5.95 Å². The van der Waals surface area contributed by atoms with Crippen molar-refractivity contribution in [1.82, 2.24) is 20.2 Å². The van der Waals surface area contributed by atoms with E-state index in [0.29, 0.717) is 6.61 Å². The average molecular weight is 349 g/mol. The van der Waals surface area contributed by atoms with Crippen LogP contribution in [0.1, 0.15) is 18.4 Å². The first-order valence-corrected chi connectivity index (χ1v) is 9.14. The number of hydrogen-bond acceptors (Lipinski definition) is 5. The highest BCUT2D eigenvalue weighted by Gasteiger charge is 2.24. The number of morpholine rings is 1. The van der Waals surface area contributed by atoms with Crippen LogP contribution in [0, 0.1) is 0 Å². The third-order valence-electron chi connectivity index (χ3n) is 4.71. The highest BCUT2D eigenvalue weighted by molar-refractivity contribution is 5.40. The van der Waals surface area contributed by atoms with Gasteiger partial charge in [0.2, 0.25) is 0 Å². The van der Waals surface area contributed by atoms with Gasteiger partial charge in [-0.25, -0.2) is 0 Å². The fourth-order valence-electron chi connectivity index (χ4n) is 3.37. The summed E-state index contributed by atoms with van der Waals surface area (Å²) in [6.45, 7) is 2.34. The van der Waals surface area contributed by atoms with Crippen LogP contribution >= 0.6 is 0 Å². The van der Waals surface area contributed by atoms with Gasteiger partial charge >= 0.3 is 0 Å². The smallest absolute Gasteiger partial charge is 0.250 e. The minimum absolute atomic E-state index is 0.216. The number of aromatic nitrogens is 4. The van der Waals surface area contributed by atoms with E-state index >= 15 is 0 Å². The normalized spacial score (nSPS) is 17.4. The zero-order chi connectivity index (χ0) is 17.6. The predicted octanol–water partition coefficient (Wildman–Crippen LogP) is 2.89. The molecule has 0 saturated carbocycles. The quantitative estimate of drug-likeness (QED) is 0.685. The molecule has 0 amide bonds. The number of para-hydroxylation sites is 1. The Morgan fingerprint density at radius 2 is 1.77 bits per heavy atom. The minimum Gasteiger partial charge on any atom is -0.375 e. The van der Waals surface area contributed by atoms with E-state index in [1.165, 1.54) is 5.56 Å². The van der Waals surface area contributed by atoms with Crippen molar-refractivity contribution in [3.8, 4) is 5.69 Å². The second-order valence-electron chi connectivity index (χ2n) is 6.54. The van der Waals surface area contributed by atoms with Crippen LogP contribution in [-0.2, 0) is 11.2 Å². The van der Waals surface area contributed by atoms with E-state index in [1.54, 1.807) is 4.68 Å². The first-order chi connectivity index (χ1) is 12.9. The number of benzene rings is 2. The lowest BCUT2D eigenvalue weighted by Crippen LogP contribution is -2.43. The number of nitrogens with zero attached hydrogens (tertiary/aromatic N) is 5. The van der Waals surface area contributed by atoms with Crippen molar-refractivity contribution in [2.75, 3.05) is 24.6 Å². The Labute approximate surface area is 153 Å². The largest absolute Gasteiger partial charge is 0.375 e. The molecule has 1 aliphatic rings. The fraction of sp³-hybridized carbons (Fsp3) is 0.350. The zero-order valence-corrected chi connectivity index (χ0v) is 14.7. The topological polar surface area (TPSA) is 56.1 Å². The molecule has 1 aliphatic heterocycles. The summed E-state index contributed by atoms with van der Waals surface area (Å²) >= 11 is 0. The number of aryl methyl sites for hydroxylation is 1. The van der Waals surface area contributed by atoms with Crippen LogP contribution in [0.3, 0.4) is 0 Å². The summed E-state index contributed by atoms with van der Waals surface area (Å²) in [4.78, 5) is 2.23. The zero-order valence-electron chi connectivity index (χ0n) is 14.7. The van der Waals surface area contributed by atoms with Gasteiger partial charge in [-0.1, -0.05) is 53.6 Å². The Balaban J connectivity index is 1.38. The molecule has 0 unspecified atom stereocenters. The lowest BCUT2D eigenvalue weighted by Gasteiger charge is -2.33. The van der Waals surface area contributed by atoms with Gasteiger partial charge in [0, 0.05) is 13.1 Å². The molecule has 0 radical (unpaired) electrons. The van der Waals surface area contributed by atoms with Crippen LogP contribution in [0.5, 0.6) is 0 Å². The minimum atomic E-state index is 0.216. The Hall–Kier alpha value is -2.73. The summed E-state index contributed by atoms with van der Waals surface area (Å²) in [5.41, 5.74) is 2.35. The standard InChI is InChI=1S/C20H23N5O/c1-3-8-17(9-4-1)10-7-13-19-16-24(14-15-26-19)20-21-22-23-25(20)18-11-5-2-6-12-18/h1-6,8-9,11-12,19H,7,10,13-16H2/t19-/m0/s1. The van der Waals surface area contributed by atoms with Crippen molar-refractivity contribution in [3.63, 3.8) is 0 Å². The van der Waals surface area contributed by atoms with Crippen molar-refractivity contribution in [2.45, 2.75) is 25.4 Å². The molecule has 0 bridgehead atoms. The van der Waals surface area contributed by atoms with E-state index < -0.39 is 0 Å². The van der Waals surface area contributed by atoms with E-state index in [2.05, 4.69) is 50.8 Å². The third kappa shape index (κ3) is 3.91. The number of ether oxygens (including phenoxy) is 1. The van der Waals surface area contributed by atoms with E-state index in [4.69, 9.17) is 4.74 Å². The highest BCUT2D eigenvalue weighted by Crippen LogP contribution is 2.20. The third-order valence-corrected chi connectivity index (χ3v) is 4.71. The van der Waals surface area contributed by atoms with Crippen molar-refractivity contribution in [1.29, 1.82) is 0 Å². The van der Waals surface area contributed by atoms with Gasteiger partial charge in [-0.2, -0.15) is 4.68 Å². The Bertz CT molecular complexity index is 805. The van der Waals surface area contributed by atoms with Gasteiger partial charge in [0.1, 0.15) is 0 Å². The van der Waals surface area contributed by atoms with Gasteiger partial charge in [0.05, 0.1) is 18.4 Å². The van der Waals surface area contributed by atoms with Crippen molar-refractivity contribution < 1.29 is 4.74 Å². The van der Waals surface area contributed by atoms with Crippen molar-refractivity contribution in [2.24, 2.45) is 0 Å². The summed E-state index contributed by atoms with van der Waals surface area (Å²) in [6, 6.07) is 20.6. The molecule has 1 aromatic heterocycles. The van der Waals surface area contributed by atoms with Gasteiger partial charge in [-0.15, -0.1) is 0 Å². The Morgan fingerprint density at radius 3 is 2.58 bits per heavy atom. The first kappa shape index (κ1) is 16.7. The van der Waals surface area contributed by atoms with Gasteiger partial charge in [0.25, 0.3) is 5.95 Å². The molecule has 6 nitrogen and oxygen atoms in total. The summed E-state index contributed by atoms with van der Waals surface area (Å²) in [6.07, 6.45) is 3.46. The molecule has 4 rings (SSSR count). The molecule has 6 heteroatoms. The Kier molecular flexibility index (Phi) is 5.21. The summed E-state index contributed by atoms with van der Waals surface area (Å²) < 4.78 is 7.77. The fourth-order valence-corrected chi connectivity index (χ4v) is 3.37. The number of anilines is 1. The van der Waals surface area contributed by atoms with E-state index in [1.807, 2.05) is 30.3 Å². The van der Waals surface area contributed by atoms with Crippen molar-refractivity contribution in [3.05, 3.63) is 66.2 Å². The van der Waals surface area contributed by atoms with E-state index in [-0.39, 0.29) is 6.10 Å². The van der Waals surface area contributed by atoms with Gasteiger partial charge in [0.15, 0.2) is 0 Å². The average Bonchev–Trinajstić information content (AvgIpc) is 3.20. The summed E-state index contributed by atoms with van der Waals surface area (Å²) in [5, 5.41) is 12.3. The number of tetrazole rings is 1. The molecule has 0 N–H and O–H groups in total. The molecule has 3 aromatic rings. The molecule has 0 spiro atoms. The van der Waals surface area contributed by atoms with E-state index in [0.717, 1.165) is 44.0 Å². The SMILES string of the molecule is c1ccc(CCC[C@H]2CN(c3nnnn3-c3ccccc3)CCO2)cc1. The molecule has 2 heterocycles. The van der Waals surface area contributed by atoms with Crippen molar-refractivity contribution >= 4 is 5.95 Å². The van der Waals surface area contributed by atoms with Gasteiger partial charge < -0.3 is 9.64 Å². The molecular weight excluding hydrogens is 326 g/mol.